The molecule has 2 aliphatic rings. The molecule has 1 aromatic rings. The van der Waals surface area contributed by atoms with E-state index < -0.39 is 5.60 Å². The van der Waals surface area contributed by atoms with Gasteiger partial charge in [0.05, 0.1) is 17.8 Å². The Kier molecular flexibility index (Phi) is 2.17. The highest BCUT2D eigenvalue weighted by atomic mass is 16.5. The minimum atomic E-state index is -0.678. The van der Waals surface area contributed by atoms with Gasteiger partial charge in [0.2, 0.25) is 0 Å². The largest absolute Gasteiger partial charge is 0.479 e. The molecule has 18 heavy (non-hydrogen) atoms. The van der Waals surface area contributed by atoms with Crippen LogP contribution in [0.1, 0.15) is 25.3 Å². The summed E-state index contributed by atoms with van der Waals surface area (Å²) < 4.78 is 5.97. The zero-order chi connectivity index (χ0) is 12.9. The van der Waals surface area contributed by atoms with Crippen LogP contribution in [0.3, 0.4) is 0 Å². The number of benzene rings is 1. The second kappa shape index (κ2) is 3.51. The standard InChI is InChI=1S/C14H14N2O2/c1-8-3-4-10-12(5-8)18-14(2)7-11(17)9(15)6-13(14)16-10/h3-5,15H,6-7H2,1-2H3. The Balaban J connectivity index is 2.10. The van der Waals surface area contributed by atoms with Crippen LogP contribution in [0.4, 0.5) is 5.69 Å². The number of aliphatic imine (C=N–C) groups is 1. The number of fused-ring (bicyclic) bond motifs is 2. The van der Waals surface area contributed by atoms with Gasteiger partial charge in [-0.1, -0.05) is 6.07 Å². The van der Waals surface area contributed by atoms with Gasteiger partial charge in [0.1, 0.15) is 11.4 Å². The summed E-state index contributed by atoms with van der Waals surface area (Å²) in [5.74, 6) is 0.579. The van der Waals surface area contributed by atoms with Gasteiger partial charge in [-0.15, -0.1) is 0 Å². The molecule has 0 aromatic heterocycles. The van der Waals surface area contributed by atoms with Crippen molar-refractivity contribution in [1.29, 1.82) is 5.41 Å². The van der Waals surface area contributed by atoms with Crippen molar-refractivity contribution in [2.75, 3.05) is 0 Å². The lowest BCUT2D eigenvalue weighted by Crippen LogP contribution is -2.51. The molecule has 4 nitrogen and oxygen atoms in total. The monoisotopic (exact) mass is 242 g/mol. The Morgan fingerprint density at radius 2 is 2.22 bits per heavy atom. The van der Waals surface area contributed by atoms with Crippen molar-refractivity contribution in [2.24, 2.45) is 4.99 Å². The van der Waals surface area contributed by atoms with Crippen molar-refractivity contribution in [3.63, 3.8) is 0 Å². The van der Waals surface area contributed by atoms with E-state index in [9.17, 15) is 4.79 Å². The van der Waals surface area contributed by atoms with Crippen LogP contribution in [0.25, 0.3) is 0 Å². The van der Waals surface area contributed by atoms with Crippen LogP contribution in [0.5, 0.6) is 5.75 Å². The number of Topliss-reactive ketones (excluding diaryl/α,β-unsaturated/α-hetero) is 1. The first kappa shape index (κ1) is 11.1. The van der Waals surface area contributed by atoms with Crippen molar-refractivity contribution < 1.29 is 9.53 Å². The van der Waals surface area contributed by atoms with Crippen LogP contribution in [-0.4, -0.2) is 22.8 Å². The molecule has 1 saturated carbocycles. The summed E-state index contributed by atoms with van der Waals surface area (Å²) in [6.07, 6.45) is 0.501. The predicted molar refractivity (Wildman–Crippen MR) is 69.3 cm³/mol. The van der Waals surface area contributed by atoms with Gasteiger partial charge >= 0.3 is 0 Å². The molecule has 1 unspecified atom stereocenters. The van der Waals surface area contributed by atoms with Gasteiger partial charge in [-0.3, -0.25) is 4.79 Å². The topological polar surface area (TPSA) is 62.5 Å². The fourth-order valence-electron chi connectivity index (χ4n) is 2.40. The molecule has 0 spiro atoms. The number of ketones is 1. The van der Waals surface area contributed by atoms with E-state index in [-0.39, 0.29) is 17.9 Å². The Bertz CT molecular complexity index is 604. The first-order valence-corrected chi connectivity index (χ1v) is 5.96. The van der Waals surface area contributed by atoms with Crippen LogP contribution in [-0.2, 0) is 4.79 Å². The summed E-state index contributed by atoms with van der Waals surface area (Å²) in [4.78, 5) is 16.2. The average Bonchev–Trinajstić information content (AvgIpc) is 2.28. The lowest BCUT2D eigenvalue weighted by atomic mass is 9.81. The van der Waals surface area contributed by atoms with Gasteiger partial charge in [-0.2, -0.15) is 0 Å². The molecule has 0 bridgehead atoms. The zero-order valence-corrected chi connectivity index (χ0v) is 10.4. The molecule has 0 radical (unpaired) electrons. The third-order valence-electron chi connectivity index (χ3n) is 3.50. The lowest BCUT2D eigenvalue weighted by Gasteiger charge is -2.38. The second-order valence-electron chi connectivity index (χ2n) is 5.12. The van der Waals surface area contributed by atoms with Crippen LogP contribution in [0.15, 0.2) is 23.2 Å². The molecule has 0 saturated heterocycles. The van der Waals surface area contributed by atoms with E-state index in [0.717, 1.165) is 22.7 Å². The van der Waals surface area contributed by atoms with E-state index in [1.54, 1.807) is 0 Å². The Morgan fingerprint density at radius 1 is 1.44 bits per heavy atom. The Morgan fingerprint density at radius 3 is 3.00 bits per heavy atom. The lowest BCUT2D eigenvalue weighted by molar-refractivity contribution is -0.115. The number of carbonyl (C=O) groups is 1. The van der Waals surface area contributed by atoms with E-state index in [1.807, 2.05) is 32.0 Å². The van der Waals surface area contributed by atoms with Crippen LogP contribution >= 0.6 is 0 Å². The Hall–Kier alpha value is -1.97. The minimum Gasteiger partial charge on any atom is -0.479 e. The summed E-state index contributed by atoms with van der Waals surface area (Å²) in [6, 6.07) is 5.83. The molecule has 1 aliphatic heterocycles. The molecule has 92 valence electrons. The maximum absolute atomic E-state index is 11.7. The first-order valence-electron chi connectivity index (χ1n) is 5.96. The highest BCUT2D eigenvalue weighted by Crippen LogP contribution is 2.40. The Labute approximate surface area is 105 Å². The van der Waals surface area contributed by atoms with Crippen molar-refractivity contribution >= 4 is 22.9 Å². The van der Waals surface area contributed by atoms with Crippen molar-refractivity contribution in [3.05, 3.63) is 23.8 Å². The summed E-state index contributed by atoms with van der Waals surface area (Å²) in [6.45, 7) is 3.87. The summed E-state index contributed by atoms with van der Waals surface area (Å²) in [7, 11) is 0. The van der Waals surface area contributed by atoms with E-state index in [1.165, 1.54) is 0 Å². The number of hydrogen-bond donors (Lipinski definition) is 1. The fourth-order valence-corrected chi connectivity index (χ4v) is 2.40. The summed E-state index contributed by atoms with van der Waals surface area (Å²) in [5, 5.41) is 7.64. The molecule has 1 N–H and O–H groups in total. The minimum absolute atomic E-state index is 0.130. The number of aryl methyl sites for hydroxylation is 1. The molecule has 3 rings (SSSR count). The highest BCUT2D eigenvalue weighted by Gasteiger charge is 2.44. The molecule has 1 atom stereocenters. The number of rotatable bonds is 0. The molecular formula is C14H14N2O2. The average molecular weight is 242 g/mol. The van der Waals surface area contributed by atoms with Gasteiger partial charge in [-0.05, 0) is 31.5 Å². The molecule has 4 heteroatoms. The van der Waals surface area contributed by atoms with Crippen molar-refractivity contribution in [2.45, 2.75) is 32.3 Å². The molecule has 1 heterocycles. The molecule has 1 aromatic carbocycles. The maximum Gasteiger partial charge on any atom is 0.181 e. The molecule has 0 amide bonds. The molecular weight excluding hydrogens is 228 g/mol. The van der Waals surface area contributed by atoms with Gasteiger partial charge in [0.15, 0.2) is 11.4 Å². The number of nitrogens with one attached hydrogen (secondary N) is 1. The quantitative estimate of drug-likeness (QED) is 0.760. The van der Waals surface area contributed by atoms with Crippen molar-refractivity contribution in [1.82, 2.24) is 0 Å². The van der Waals surface area contributed by atoms with E-state index in [0.29, 0.717) is 6.42 Å². The molecule has 1 aliphatic carbocycles. The van der Waals surface area contributed by atoms with Gasteiger partial charge in [0, 0.05) is 6.42 Å². The smallest absolute Gasteiger partial charge is 0.181 e. The summed E-state index contributed by atoms with van der Waals surface area (Å²) in [5.41, 5.74) is 2.12. The third-order valence-corrected chi connectivity index (χ3v) is 3.50. The van der Waals surface area contributed by atoms with Gasteiger partial charge in [-0.25, -0.2) is 4.99 Å². The zero-order valence-electron chi connectivity index (χ0n) is 10.4. The second-order valence-corrected chi connectivity index (χ2v) is 5.12. The normalized spacial score (nSPS) is 26.0. The summed E-state index contributed by atoms with van der Waals surface area (Å²) >= 11 is 0. The SMILES string of the molecule is Cc1ccc2c(c1)OC1(C)CC(=O)C(=N)CC1=N2. The van der Waals surface area contributed by atoms with Crippen LogP contribution in [0, 0.1) is 12.3 Å². The maximum atomic E-state index is 11.7. The number of nitrogens with zero attached hydrogens (tertiary/aromatic N) is 1. The van der Waals surface area contributed by atoms with Crippen LogP contribution in [0.2, 0.25) is 0 Å². The van der Waals surface area contributed by atoms with Crippen LogP contribution < -0.4 is 4.74 Å². The van der Waals surface area contributed by atoms with E-state index >= 15 is 0 Å². The third kappa shape index (κ3) is 1.56. The van der Waals surface area contributed by atoms with E-state index in [2.05, 4.69) is 4.99 Å². The highest BCUT2D eigenvalue weighted by molar-refractivity contribution is 6.45. The van der Waals surface area contributed by atoms with Gasteiger partial charge < -0.3 is 10.1 Å². The predicted octanol–water partition coefficient (Wildman–Crippen LogP) is 2.60. The van der Waals surface area contributed by atoms with Gasteiger partial charge in [0.25, 0.3) is 0 Å². The number of carbonyl (C=O) groups excluding carboxylic acids is 1. The molecule has 1 fully saturated rings. The van der Waals surface area contributed by atoms with Crippen molar-refractivity contribution in [3.8, 4) is 5.75 Å². The fraction of sp³-hybridized carbons (Fsp3) is 0.357. The first-order chi connectivity index (χ1) is 8.48. The van der Waals surface area contributed by atoms with E-state index in [4.69, 9.17) is 10.1 Å². The number of ether oxygens (including phenoxy) is 1. The number of hydrogen-bond acceptors (Lipinski definition) is 4.